The first-order valence-corrected chi connectivity index (χ1v) is 5.72. The lowest BCUT2D eigenvalue weighted by molar-refractivity contribution is -0.120. The number of aromatic amines is 1. The van der Waals surface area contributed by atoms with E-state index in [4.69, 9.17) is 0 Å². The van der Waals surface area contributed by atoms with Gasteiger partial charge in [-0.25, -0.2) is 4.79 Å². The van der Waals surface area contributed by atoms with E-state index in [-0.39, 0.29) is 12.3 Å². The van der Waals surface area contributed by atoms with Crippen LogP contribution in [0.5, 0.6) is 0 Å². The number of H-pyrrole nitrogens is 1. The third-order valence-corrected chi connectivity index (χ3v) is 3.06. The Morgan fingerprint density at radius 2 is 2.16 bits per heavy atom. The predicted octanol–water partition coefficient (Wildman–Crippen LogP) is 0.822. The molecule has 1 aliphatic rings. The Morgan fingerprint density at radius 3 is 2.89 bits per heavy atom. The maximum atomic E-state index is 11.8. The van der Waals surface area contributed by atoms with Crippen LogP contribution in [0.2, 0.25) is 0 Å². The van der Waals surface area contributed by atoms with Gasteiger partial charge in [0.1, 0.15) is 0 Å². The van der Waals surface area contributed by atoms with E-state index in [0.29, 0.717) is 29.6 Å². The second kappa shape index (κ2) is 4.20. The lowest BCUT2D eigenvalue weighted by Crippen LogP contribution is -2.49. The van der Waals surface area contributed by atoms with Crippen molar-refractivity contribution in [1.82, 2.24) is 15.5 Å². The molecular weight excluding hydrogens is 248 g/mol. The van der Waals surface area contributed by atoms with E-state index in [0.717, 1.165) is 5.39 Å². The molecule has 3 rings (SSSR count). The van der Waals surface area contributed by atoms with E-state index in [1.807, 2.05) is 0 Å². The zero-order valence-electron chi connectivity index (χ0n) is 9.84. The van der Waals surface area contributed by atoms with Crippen molar-refractivity contribution < 1.29 is 14.4 Å². The number of imide groups is 1. The molecule has 1 aromatic heterocycles. The molecule has 0 radical (unpaired) electrons. The Balaban J connectivity index is 2.07. The molecule has 96 valence electrons. The van der Waals surface area contributed by atoms with Crippen molar-refractivity contribution in [2.75, 3.05) is 11.4 Å². The van der Waals surface area contributed by atoms with Gasteiger partial charge in [-0.15, -0.1) is 0 Å². The largest absolute Gasteiger partial charge is 0.328 e. The minimum absolute atomic E-state index is 0.242. The second-order valence-corrected chi connectivity index (χ2v) is 4.24. The zero-order chi connectivity index (χ0) is 13.4. The average molecular weight is 258 g/mol. The van der Waals surface area contributed by atoms with Crippen LogP contribution in [0.1, 0.15) is 16.8 Å². The Kier molecular flexibility index (Phi) is 2.52. The van der Waals surface area contributed by atoms with Gasteiger partial charge in [0, 0.05) is 29.6 Å². The molecule has 7 nitrogen and oxygen atoms in total. The molecular formula is C12H10N4O3. The number of benzene rings is 1. The van der Waals surface area contributed by atoms with Crippen LogP contribution < -0.4 is 10.2 Å². The summed E-state index contributed by atoms with van der Waals surface area (Å²) < 4.78 is 0. The average Bonchev–Trinajstić information content (AvgIpc) is 2.85. The van der Waals surface area contributed by atoms with Crippen molar-refractivity contribution in [2.24, 2.45) is 0 Å². The molecule has 3 amide bonds. The molecule has 0 bridgehead atoms. The van der Waals surface area contributed by atoms with Gasteiger partial charge in [-0.1, -0.05) is 0 Å². The fourth-order valence-electron chi connectivity index (χ4n) is 2.13. The number of amides is 3. The van der Waals surface area contributed by atoms with Gasteiger partial charge in [0.2, 0.25) is 5.91 Å². The number of rotatable bonds is 2. The van der Waals surface area contributed by atoms with Gasteiger partial charge in [-0.05, 0) is 12.1 Å². The molecule has 1 saturated heterocycles. The number of hydrogen-bond acceptors (Lipinski definition) is 4. The topological polar surface area (TPSA) is 95.2 Å². The lowest BCUT2D eigenvalue weighted by atomic mass is 10.1. The second-order valence-electron chi connectivity index (χ2n) is 4.24. The summed E-state index contributed by atoms with van der Waals surface area (Å²) in [5, 5.41) is 9.59. The Morgan fingerprint density at radius 1 is 1.32 bits per heavy atom. The van der Waals surface area contributed by atoms with Gasteiger partial charge >= 0.3 is 6.03 Å². The first kappa shape index (κ1) is 11.4. The number of fused-ring (bicyclic) bond motifs is 1. The molecule has 2 N–H and O–H groups in total. The fourth-order valence-corrected chi connectivity index (χ4v) is 2.13. The molecule has 2 heterocycles. The summed E-state index contributed by atoms with van der Waals surface area (Å²) in [6.45, 7) is 0.298. The van der Waals surface area contributed by atoms with Gasteiger partial charge in [0.25, 0.3) is 0 Å². The summed E-state index contributed by atoms with van der Waals surface area (Å²) in [4.78, 5) is 35.4. The van der Waals surface area contributed by atoms with Crippen molar-refractivity contribution in [3.05, 3.63) is 23.9 Å². The van der Waals surface area contributed by atoms with Gasteiger partial charge in [-0.3, -0.25) is 24.9 Å². The number of aldehydes is 1. The molecule has 0 spiro atoms. The van der Waals surface area contributed by atoms with E-state index in [2.05, 4.69) is 15.5 Å². The van der Waals surface area contributed by atoms with Crippen molar-refractivity contribution in [1.29, 1.82) is 0 Å². The summed E-state index contributed by atoms with van der Waals surface area (Å²) in [7, 11) is 0. The van der Waals surface area contributed by atoms with E-state index in [1.165, 1.54) is 4.90 Å². The molecule has 7 heteroatoms. The quantitative estimate of drug-likeness (QED) is 0.779. The SMILES string of the molecule is O=Cc1cc(N2CCC(=O)NC2=O)cc2cn[nH]c12. The number of carbonyl (C=O) groups is 3. The van der Waals surface area contributed by atoms with Gasteiger partial charge in [0.15, 0.2) is 6.29 Å². The van der Waals surface area contributed by atoms with Crippen LogP contribution in [0.4, 0.5) is 10.5 Å². The van der Waals surface area contributed by atoms with E-state index >= 15 is 0 Å². The third-order valence-electron chi connectivity index (χ3n) is 3.06. The molecule has 1 aliphatic heterocycles. The Bertz CT molecular complexity index is 691. The zero-order valence-corrected chi connectivity index (χ0v) is 9.84. The van der Waals surface area contributed by atoms with Crippen molar-refractivity contribution >= 4 is 34.8 Å². The number of hydrogen-bond donors (Lipinski definition) is 2. The maximum Gasteiger partial charge on any atom is 0.328 e. The molecule has 0 saturated carbocycles. The highest BCUT2D eigenvalue weighted by Gasteiger charge is 2.25. The van der Waals surface area contributed by atoms with E-state index in [9.17, 15) is 14.4 Å². The first-order valence-electron chi connectivity index (χ1n) is 5.72. The highest BCUT2D eigenvalue weighted by atomic mass is 16.2. The molecule has 2 aromatic rings. The first-order chi connectivity index (χ1) is 9.19. The van der Waals surface area contributed by atoms with Gasteiger partial charge in [0.05, 0.1) is 11.7 Å². The summed E-state index contributed by atoms with van der Waals surface area (Å²) in [6.07, 6.45) is 2.53. The summed E-state index contributed by atoms with van der Waals surface area (Å²) in [5.41, 5.74) is 1.63. The standard InChI is InChI=1S/C12H10N4O3/c17-6-8-4-9(3-7-5-13-15-11(7)8)16-2-1-10(18)14-12(16)19/h3-6H,1-2H2,(H,13,15)(H,14,18,19). The number of carbonyl (C=O) groups excluding carboxylic acids is 3. The highest BCUT2D eigenvalue weighted by Crippen LogP contribution is 2.25. The fraction of sp³-hybridized carbons (Fsp3) is 0.167. The van der Waals surface area contributed by atoms with Crippen LogP contribution in [0.25, 0.3) is 10.9 Å². The van der Waals surface area contributed by atoms with E-state index in [1.54, 1.807) is 18.3 Å². The summed E-state index contributed by atoms with van der Waals surface area (Å²) in [6, 6.07) is 2.88. The minimum atomic E-state index is -0.476. The monoisotopic (exact) mass is 258 g/mol. The van der Waals surface area contributed by atoms with Crippen molar-refractivity contribution in [2.45, 2.75) is 6.42 Å². The van der Waals surface area contributed by atoms with Crippen LogP contribution in [-0.4, -0.2) is 35.0 Å². The Hall–Kier alpha value is -2.70. The van der Waals surface area contributed by atoms with Crippen LogP contribution in [0, 0.1) is 0 Å². The number of nitrogens with one attached hydrogen (secondary N) is 2. The predicted molar refractivity (Wildman–Crippen MR) is 67.0 cm³/mol. The number of nitrogens with zero attached hydrogens (tertiary/aromatic N) is 2. The normalized spacial score (nSPS) is 15.7. The van der Waals surface area contributed by atoms with Crippen molar-refractivity contribution in [3.8, 4) is 0 Å². The number of aromatic nitrogens is 2. The molecule has 1 fully saturated rings. The molecule has 1 aromatic carbocycles. The Labute approximate surface area is 107 Å². The molecule has 0 aliphatic carbocycles. The lowest BCUT2D eigenvalue weighted by Gasteiger charge is -2.26. The van der Waals surface area contributed by atoms with E-state index < -0.39 is 6.03 Å². The smallest absolute Gasteiger partial charge is 0.298 e. The van der Waals surface area contributed by atoms with Gasteiger partial charge < -0.3 is 0 Å². The van der Waals surface area contributed by atoms with Crippen LogP contribution in [-0.2, 0) is 4.79 Å². The molecule has 0 unspecified atom stereocenters. The minimum Gasteiger partial charge on any atom is -0.298 e. The highest BCUT2D eigenvalue weighted by molar-refractivity contribution is 6.07. The van der Waals surface area contributed by atoms with Crippen LogP contribution in [0.3, 0.4) is 0 Å². The maximum absolute atomic E-state index is 11.8. The number of anilines is 1. The molecule has 0 atom stereocenters. The van der Waals surface area contributed by atoms with Crippen LogP contribution >= 0.6 is 0 Å². The summed E-state index contributed by atoms with van der Waals surface area (Å²) >= 11 is 0. The molecule has 19 heavy (non-hydrogen) atoms. The van der Waals surface area contributed by atoms with Gasteiger partial charge in [-0.2, -0.15) is 5.10 Å². The van der Waals surface area contributed by atoms with Crippen LogP contribution in [0.15, 0.2) is 18.3 Å². The van der Waals surface area contributed by atoms with Crippen molar-refractivity contribution in [3.63, 3.8) is 0 Å². The summed E-state index contributed by atoms with van der Waals surface area (Å²) in [5.74, 6) is -0.291. The third kappa shape index (κ3) is 1.85. The number of urea groups is 1.